The zero-order valence-corrected chi connectivity index (χ0v) is 37.2. The Bertz CT molecular complexity index is 3920. The molecule has 0 atom stereocenters. The first kappa shape index (κ1) is 37.2. The van der Waals surface area contributed by atoms with Gasteiger partial charge in [-0.15, -0.1) is 0 Å². The van der Waals surface area contributed by atoms with Gasteiger partial charge in [0, 0.05) is 43.7 Å². The van der Waals surface area contributed by atoms with E-state index < -0.39 is 0 Å². The Kier molecular flexibility index (Phi) is 7.45. The van der Waals surface area contributed by atoms with Crippen molar-refractivity contribution < 1.29 is 8.83 Å². The van der Waals surface area contributed by atoms with Crippen molar-refractivity contribution >= 4 is 65.4 Å². The van der Waals surface area contributed by atoms with Crippen molar-refractivity contribution in [3.8, 4) is 56.4 Å². The summed E-state index contributed by atoms with van der Waals surface area (Å²) in [6.07, 6.45) is 6.89. The van der Waals surface area contributed by atoms with Crippen molar-refractivity contribution in [2.45, 2.75) is 37.5 Å². The average Bonchev–Trinajstić information content (AvgIpc) is 4.04. The molecule has 0 saturated heterocycles. The second-order valence-corrected chi connectivity index (χ2v) is 20.2. The van der Waals surface area contributed by atoms with Crippen LogP contribution in [0.15, 0.2) is 185 Å². The van der Waals surface area contributed by atoms with Crippen LogP contribution in [0, 0.1) is 23.7 Å². The van der Waals surface area contributed by atoms with E-state index in [0.29, 0.717) is 29.3 Å². The van der Waals surface area contributed by atoms with E-state index in [9.17, 15) is 0 Å². The van der Waals surface area contributed by atoms with Crippen LogP contribution in [0.4, 0.5) is 0 Å². The SMILES string of the molecule is c1ccc2c(c1)-c1ccc(-c3c4ccccc4c(-c4nc(-c5ccc6c(c5)oc5ccccc56)nc(-c5ccc6c(c5)oc5ccccc56)n4)c4ccccc34)cc1C21C2CC3CC(C2)CC1C3. The van der Waals surface area contributed by atoms with Gasteiger partial charge in [-0.05, 0) is 153 Å². The smallest absolute Gasteiger partial charge is 0.165 e. The van der Waals surface area contributed by atoms with Gasteiger partial charge in [0.05, 0.1) is 0 Å². The number of fused-ring (bicyclic) bond motifs is 11. The summed E-state index contributed by atoms with van der Waals surface area (Å²) in [4.78, 5) is 16.1. The average molecular weight is 874 g/mol. The topological polar surface area (TPSA) is 65.0 Å². The standard InChI is InChI=1S/C63H43N3O2/c1-3-16-50-48(14-1)58(37-21-24-43-42-11-5-8-18-52(42)63(53(43)32-37)40-28-35-27-36(30-40)31-41(63)29-35)49-15-2-4-17-51(49)59(50)62-65-60(38-22-25-46-44-12-6-9-19-54(44)67-56(46)33-38)64-61(66-62)39-23-26-47-45-13-7-10-20-55(45)68-57(47)34-39/h1-26,32-36,40-41H,27-31H2. The summed E-state index contributed by atoms with van der Waals surface area (Å²) in [5, 5.41) is 8.89. The molecule has 322 valence electrons. The van der Waals surface area contributed by atoms with Crippen molar-refractivity contribution in [3.05, 3.63) is 187 Å². The third kappa shape index (κ3) is 5.03. The number of aromatic nitrogens is 3. The summed E-state index contributed by atoms with van der Waals surface area (Å²) >= 11 is 0. The van der Waals surface area contributed by atoms with Crippen molar-refractivity contribution in [1.82, 2.24) is 15.0 Å². The molecule has 12 aromatic rings. The maximum Gasteiger partial charge on any atom is 0.165 e. The van der Waals surface area contributed by atoms with Gasteiger partial charge in [0.25, 0.3) is 0 Å². The first-order chi connectivity index (χ1) is 33.6. The predicted octanol–water partition coefficient (Wildman–Crippen LogP) is 16.4. The van der Waals surface area contributed by atoms with Gasteiger partial charge in [-0.25, -0.2) is 15.0 Å². The highest BCUT2D eigenvalue weighted by Gasteiger charge is 2.61. The van der Waals surface area contributed by atoms with Crippen LogP contribution in [0.1, 0.15) is 43.2 Å². The molecule has 5 aliphatic rings. The fraction of sp³-hybridized carbons (Fsp3) is 0.159. The first-order valence-electron chi connectivity index (χ1n) is 24.4. The molecule has 0 unspecified atom stereocenters. The number of hydrogen-bond acceptors (Lipinski definition) is 5. The van der Waals surface area contributed by atoms with Gasteiger partial charge in [-0.3, -0.25) is 0 Å². The van der Waals surface area contributed by atoms with E-state index in [1.807, 2.05) is 24.3 Å². The molecule has 68 heavy (non-hydrogen) atoms. The fourth-order valence-corrected chi connectivity index (χ4v) is 14.5. The van der Waals surface area contributed by atoms with Gasteiger partial charge in [-0.1, -0.05) is 133 Å². The van der Waals surface area contributed by atoms with E-state index >= 15 is 0 Å². The van der Waals surface area contributed by atoms with Crippen molar-refractivity contribution in [1.29, 1.82) is 0 Å². The number of benzene rings is 9. The highest BCUT2D eigenvalue weighted by Crippen LogP contribution is 2.69. The Morgan fingerprint density at radius 2 is 0.779 bits per heavy atom. The third-order valence-corrected chi connectivity index (χ3v) is 16.9. The lowest BCUT2D eigenvalue weighted by Gasteiger charge is -2.61. The van der Waals surface area contributed by atoms with Crippen LogP contribution >= 0.6 is 0 Å². The minimum atomic E-state index is 0.0787. The molecule has 4 saturated carbocycles. The van der Waals surface area contributed by atoms with E-state index in [2.05, 4.69) is 152 Å². The number of rotatable bonds is 4. The van der Waals surface area contributed by atoms with E-state index in [4.69, 9.17) is 23.8 Å². The molecule has 4 bridgehead atoms. The molecule has 17 rings (SSSR count). The van der Waals surface area contributed by atoms with Gasteiger partial charge in [-0.2, -0.15) is 0 Å². The Morgan fingerprint density at radius 3 is 1.35 bits per heavy atom. The van der Waals surface area contributed by atoms with Crippen LogP contribution < -0.4 is 0 Å². The molecule has 0 N–H and O–H groups in total. The lowest BCUT2D eigenvalue weighted by Crippen LogP contribution is -2.55. The second-order valence-electron chi connectivity index (χ2n) is 20.2. The van der Waals surface area contributed by atoms with E-state index in [0.717, 1.165) is 83.2 Å². The lowest BCUT2D eigenvalue weighted by atomic mass is 9.43. The number of furan rings is 2. The number of para-hydroxylation sites is 2. The summed E-state index contributed by atoms with van der Waals surface area (Å²) < 4.78 is 12.8. The van der Waals surface area contributed by atoms with E-state index in [1.165, 1.54) is 65.1 Å². The summed E-state index contributed by atoms with van der Waals surface area (Å²) in [6.45, 7) is 0. The minimum absolute atomic E-state index is 0.0787. The largest absolute Gasteiger partial charge is 0.456 e. The van der Waals surface area contributed by atoms with E-state index in [1.54, 1.807) is 11.1 Å². The Hall–Kier alpha value is -7.89. The molecule has 1 spiro atoms. The maximum absolute atomic E-state index is 6.42. The molecular formula is C63H43N3O2. The molecule has 9 aromatic carbocycles. The number of hydrogen-bond donors (Lipinski definition) is 0. The van der Waals surface area contributed by atoms with Gasteiger partial charge in [0.15, 0.2) is 17.5 Å². The van der Waals surface area contributed by atoms with Gasteiger partial charge >= 0.3 is 0 Å². The zero-order chi connectivity index (χ0) is 44.2. The molecule has 3 aromatic heterocycles. The summed E-state index contributed by atoms with van der Waals surface area (Å²) in [7, 11) is 0. The van der Waals surface area contributed by atoms with Gasteiger partial charge in [0.1, 0.15) is 22.3 Å². The summed E-state index contributed by atoms with van der Waals surface area (Å²) in [6, 6.07) is 63.7. The molecule has 0 aliphatic heterocycles. The monoisotopic (exact) mass is 873 g/mol. The number of nitrogens with zero attached hydrogens (tertiary/aromatic N) is 3. The van der Waals surface area contributed by atoms with Crippen LogP contribution in [0.5, 0.6) is 0 Å². The molecule has 5 aliphatic carbocycles. The molecule has 5 heteroatoms. The van der Waals surface area contributed by atoms with Crippen molar-refractivity contribution in [3.63, 3.8) is 0 Å². The fourth-order valence-electron chi connectivity index (χ4n) is 14.5. The molecule has 3 heterocycles. The lowest BCUT2D eigenvalue weighted by molar-refractivity contribution is -0.0399. The van der Waals surface area contributed by atoms with Crippen molar-refractivity contribution in [2.75, 3.05) is 0 Å². The van der Waals surface area contributed by atoms with E-state index in [-0.39, 0.29) is 5.41 Å². The molecule has 0 amide bonds. The Labute approximate surface area is 392 Å². The van der Waals surface area contributed by atoms with Crippen LogP contribution in [-0.4, -0.2) is 15.0 Å². The maximum atomic E-state index is 6.42. The van der Waals surface area contributed by atoms with Gasteiger partial charge in [0.2, 0.25) is 0 Å². The molecule has 0 radical (unpaired) electrons. The molecule has 4 fully saturated rings. The third-order valence-electron chi connectivity index (χ3n) is 16.9. The molecule has 5 nitrogen and oxygen atoms in total. The summed E-state index contributed by atoms with van der Waals surface area (Å²) in [5.41, 5.74) is 14.7. The minimum Gasteiger partial charge on any atom is -0.456 e. The van der Waals surface area contributed by atoms with Crippen molar-refractivity contribution in [2.24, 2.45) is 23.7 Å². The Balaban J connectivity index is 0.927. The zero-order valence-electron chi connectivity index (χ0n) is 37.2. The highest BCUT2D eigenvalue weighted by molar-refractivity contribution is 6.21. The molecular weight excluding hydrogens is 831 g/mol. The van der Waals surface area contributed by atoms with Crippen LogP contribution in [0.2, 0.25) is 0 Å². The quantitative estimate of drug-likeness (QED) is 0.165. The predicted molar refractivity (Wildman–Crippen MR) is 274 cm³/mol. The highest BCUT2D eigenvalue weighted by atomic mass is 16.3. The Morgan fingerprint density at radius 1 is 0.338 bits per heavy atom. The van der Waals surface area contributed by atoms with Crippen LogP contribution in [0.3, 0.4) is 0 Å². The van der Waals surface area contributed by atoms with Gasteiger partial charge < -0.3 is 8.83 Å². The summed E-state index contributed by atoms with van der Waals surface area (Å²) in [5.74, 6) is 4.94. The normalized spacial score (nSPS) is 21.3. The van der Waals surface area contributed by atoms with Crippen LogP contribution in [0.25, 0.3) is 122 Å². The first-order valence-corrected chi connectivity index (χ1v) is 24.4. The van der Waals surface area contributed by atoms with Crippen LogP contribution in [-0.2, 0) is 5.41 Å². The second kappa shape index (κ2) is 13.6.